The molecule has 2 atom stereocenters. The normalized spacial score (nSPS) is 18.9. The molecule has 1 aromatic carbocycles. The predicted octanol–water partition coefficient (Wildman–Crippen LogP) is 3.11. The summed E-state index contributed by atoms with van der Waals surface area (Å²) in [6.45, 7) is 4.50. The van der Waals surface area contributed by atoms with Gasteiger partial charge < -0.3 is 20.1 Å². The van der Waals surface area contributed by atoms with Crippen LogP contribution in [-0.4, -0.2) is 70.8 Å². The van der Waals surface area contributed by atoms with Gasteiger partial charge in [0.2, 0.25) is 0 Å². The highest BCUT2D eigenvalue weighted by Crippen LogP contribution is 2.31. The summed E-state index contributed by atoms with van der Waals surface area (Å²) in [6, 6.07) is 6.46. The van der Waals surface area contributed by atoms with Crippen molar-refractivity contribution in [1.82, 2.24) is 18.8 Å². The van der Waals surface area contributed by atoms with E-state index in [1.807, 2.05) is 13.8 Å². The minimum absolute atomic E-state index is 0.0565. The Labute approximate surface area is 198 Å². The van der Waals surface area contributed by atoms with Crippen LogP contribution in [0.25, 0.3) is 11.0 Å². The van der Waals surface area contributed by atoms with Gasteiger partial charge in [0.1, 0.15) is 12.1 Å². The molecule has 0 bridgehead atoms. The number of rotatable bonds is 7. The van der Waals surface area contributed by atoms with Gasteiger partial charge in [0, 0.05) is 31.9 Å². The van der Waals surface area contributed by atoms with E-state index in [0.29, 0.717) is 30.8 Å². The zero-order valence-corrected chi connectivity index (χ0v) is 20.2. The van der Waals surface area contributed by atoms with Crippen LogP contribution in [0, 0.1) is 6.92 Å². The van der Waals surface area contributed by atoms with Crippen molar-refractivity contribution in [2.45, 2.75) is 50.1 Å². The molecular weight excluding hydrogens is 458 g/mol. The first-order chi connectivity index (χ1) is 16.2. The summed E-state index contributed by atoms with van der Waals surface area (Å²) in [5, 5.41) is 13.5. The lowest BCUT2D eigenvalue weighted by atomic mass is 9.99. The third kappa shape index (κ3) is 4.58. The molecule has 0 aliphatic carbocycles. The highest BCUT2D eigenvalue weighted by Gasteiger charge is 2.30. The number of ether oxygens (including phenoxy) is 1. The fourth-order valence-corrected chi connectivity index (χ4v) is 5.65. The van der Waals surface area contributed by atoms with Gasteiger partial charge in [-0.2, -0.15) is 0 Å². The molecule has 11 heteroatoms. The molecule has 1 amide bonds. The zero-order valence-electron chi connectivity index (χ0n) is 19.4. The van der Waals surface area contributed by atoms with Gasteiger partial charge in [0.05, 0.1) is 16.9 Å². The number of carbonyl (C=O) groups is 1. The Morgan fingerprint density at radius 2 is 1.97 bits per heavy atom. The summed E-state index contributed by atoms with van der Waals surface area (Å²) in [4.78, 5) is 21.9. The number of aromatic nitrogens is 3. The number of fused-ring (bicyclic) bond motifs is 1. The number of hydrogen-bond acceptors (Lipinski definition) is 7. The highest BCUT2D eigenvalue weighted by molar-refractivity contribution is 7.90. The molecule has 0 spiro atoms. The molecule has 1 saturated heterocycles. The van der Waals surface area contributed by atoms with Gasteiger partial charge in [-0.25, -0.2) is 27.2 Å². The number of piperidine rings is 1. The van der Waals surface area contributed by atoms with Crippen LogP contribution < -0.4 is 5.32 Å². The van der Waals surface area contributed by atoms with E-state index in [4.69, 9.17) is 4.74 Å². The Morgan fingerprint density at radius 3 is 2.65 bits per heavy atom. The van der Waals surface area contributed by atoms with E-state index in [1.54, 1.807) is 37.6 Å². The third-order valence-corrected chi connectivity index (χ3v) is 7.92. The van der Waals surface area contributed by atoms with Crippen LogP contribution >= 0.6 is 0 Å². The average Bonchev–Trinajstić information content (AvgIpc) is 3.19. The molecule has 2 aromatic heterocycles. The van der Waals surface area contributed by atoms with Crippen LogP contribution in [0.5, 0.6) is 0 Å². The van der Waals surface area contributed by atoms with Crippen molar-refractivity contribution in [3.05, 3.63) is 47.9 Å². The lowest BCUT2D eigenvalue weighted by Gasteiger charge is -2.36. The first-order valence-electron chi connectivity index (χ1n) is 11.1. The van der Waals surface area contributed by atoms with Gasteiger partial charge in [-0.3, -0.25) is 0 Å². The quantitative estimate of drug-likeness (QED) is 0.521. The lowest BCUT2D eigenvalue weighted by molar-refractivity contribution is 0.108. The minimum Gasteiger partial charge on any atom is -0.465 e. The molecular formula is C23H29N5O5S. The number of methoxy groups -OCH3 is 1. The molecule has 2 unspecified atom stereocenters. The first kappa shape index (κ1) is 24.0. The minimum atomic E-state index is -3.89. The molecule has 4 rings (SSSR count). The molecule has 3 aromatic rings. The van der Waals surface area contributed by atoms with E-state index in [0.717, 1.165) is 24.0 Å². The third-order valence-electron chi connectivity index (χ3n) is 6.25. The number of aryl methyl sites for hydroxylation is 1. The summed E-state index contributed by atoms with van der Waals surface area (Å²) < 4.78 is 33.4. The molecule has 182 valence electrons. The van der Waals surface area contributed by atoms with Crippen molar-refractivity contribution in [1.29, 1.82) is 0 Å². The number of hydrogen-bond donors (Lipinski definition) is 2. The number of likely N-dealkylation sites (tertiary alicyclic amines) is 1. The Kier molecular flexibility index (Phi) is 6.76. The van der Waals surface area contributed by atoms with Crippen LogP contribution in [0.15, 0.2) is 41.7 Å². The Balaban J connectivity index is 1.77. The van der Waals surface area contributed by atoms with Crippen LogP contribution in [-0.2, 0) is 21.2 Å². The second kappa shape index (κ2) is 9.59. The van der Waals surface area contributed by atoms with Crippen molar-refractivity contribution >= 4 is 33.0 Å². The number of nitrogens with zero attached hydrogens (tertiary/aromatic N) is 4. The van der Waals surface area contributed by atoms with E-state index in [1.165, 1.54) is 15.2 Å². The number of benzene rings is 1. The van der Waals surface area contributed by atoms with Crippen molar-refractivity contribution in [3.63, 3.8) is 0 Å². The molecule has 1 aliphatic heterocycles. The molecule has 2 N–H and O–H groups in total. The molecule has 0 radical (unpaired) electrons. The Bertz CT molecular complexity index is 1290. The standard InChI is InChI=1S/C23H29N5O5S/c1-15-4-8-19(9-5-15)34(31,32)28-12-17(10-11-33-3)20-21(24-14-25-22(20)28)26-18-7-6-16(2)27(13-18)23(29)30/h4-5,8-9,12,14,16,18H,6-7,10-11,13H2,1-3H3,(H,29,30)(H,24,25,26). The van der Waals surface area contributed by atoms with Gasteiger partial charge in [-0.1, -0.05) is 17.7 Å². The summed E-state index contributed by atoms with van der Waals surface area (Å²) >= 11 is 0. The molecule has 34 heavy (non-hydrogen) atoms. The largest absolute Gasteiger partial charge is 0.465 e. The number of nitrogens with one attached hydrogen (secondary N) is 1. The predicted molar refractivity (Wildman–Crippen MR) is 128 cm³/mol. The SMILES string of the molecule is COCCc1cn(S(=O)(=O)c2ccc(C)cc2)c2ncnc(NC3CCC(C)N(C(=O)O)C3)c12. The smallest absolute Gasteiger partial charge is 0.407 e. The van der Waals surface area contributed by atoms with E-state index in [9.17, 15) is 18.3 Å². The summed E-state index contributed by atoms with van der Waals surface area (Å²) in [5.74, 6) is 0.485. The lowest BCUT2D eigenvalue weighted by Crippen LogP contribution is -2.49. The van der Waals surface area contributed by atoms with Crippen molar-refractivity contribution < 1.29 is 23.1 Å². The van der Waals surface area contributed by atoms with E-state index >= 15 is 0 Å². The van der Waals surface area contributed by atoms with Gasteiger partial charge in [-0.15, -0.1) is 0 Å². The highest BCUT2D eigenvalue weighted by atomic mass is 32.2. The Morgan fingerprint density at radius 1 is 1.24 bits per heavy atom. The van der Waals surface area contributed by atoms with E-state index in [-0.39, 0.29) is 22.6 Å². The maximum absolute atomic E-state index is 13.5. The van der Waals surface area contributed by atoms with Crippen LogP contribution in [0.1, 0.15) is 30.9 Å². The maximum atomic E-state index is 13.5. The summed E-state index contributed by atoms with van der Waals surface area (Å²) in [6.07, 6.45) is 3.90. The van der Waals surface area contributed by atoms with Gasteiger partial charge in [0.15, 0.2) is 5.65 Å². The van der Waals surface area contributed by atoms with Crippen molar-refractivity contribution in [3.8, 4) is 0 Å². The van der Waals surface area contributed by atoms with Crippen molar-refractivity contribution in [2.75, 3.05) is 25.6 Å². The van der Waals surface area contributed by atoms with E-state index in [2.05, 4.69) is 15.3 Å². The zero-order chi connectivity index (χ0) is 24.5. The number of carboxylic acid groups (broad SMARTS) is 1. The topological polar surface area (TPSA) is 127 Å². The monoisotopic (exact) mass is 487 g/mol. The summed E-state index contributed by atoms with van der Waals surface area (Å²) in [7, 11) is -2.31. The van der Waals surface area contributed by atoms with Crippen molar-refractivity contribution in [2.24, 2.45) is 0 Å². The Hall–Kier alpha value is -3.18. The van der Waals surface area contributed by atoms with Gasteiger partial charge >= 0.3 is 6.09 Å². The fraction of sp³-hybridized carbons (Fsp3) is 0.435. The van der Waals surface area contributed by atoms with Gasteiger partial charge in [-0.05, 0) is 50.8 Å². The van der Waals surface area contributed by atoms with Crippen LogP contribution in [0.3, 0.4) is 0 Å². The second-order valence-corrected chi connectivity index (χ2v) is 10.4. The molecule has 10 nitrogen and oxygen atoms in total. The second-order valence-electron chi connectivity index (χ2n) is 8.63. The van der Waals surface area contributed by atoms with Crippen LogP contribution in [0.4, 0.5) is 10.6 Å². The molecule has 3 heterocycles. The maximum Gasteiger partial charge on any atom is 0.407 e. The van der Waals surface area contributed by atoms with Crippen LogP contribution in [0.2, 0.25) is 0 Å². The molecule has 1 aliphatic rings. The number of anilines is 1. The van der Waals surface area contributed by atoms with E-state index < -0.39 is 16.1 Å². The number of amides is 1. The summed E-state index contributed by atoms with van der Waals surface area (Å²) in [5.41, 5.74) is 1.96. The fourth-order valence-electron chi connectivity index (χ4n) is 4.31. The average molecular weight is 488 g/mol. The molecule has 0 saturated carbocycles. The molecule has 1 fully saturated rings. The van der Waals surface area contributed by atoms with Gasteiger partial charge in [0.25, 0.3) is 10.0 Å². The first-order valence-corrected chi connectivity index (χ1v) is 12.6.